The summed E-state index contributed by atoms with van der Waals surface area (Å²) in [5.74, 6) is 0.0225. The van der Waals surface area contributed by atoms with Gasteiger partial charge in [0.1, 0.15) is 11.5 Å². The van der Waals surface area contributed by atoms with E-state index in [-0.39, 0.29) is 12.4 Å². The fourth-order valence-electron chi connectivity index (χ4n) is 2.01. The van der Waals surface area contributed by atoms with Crippen molar-refractivity contribution >= 4 is 5.91 Å². The number of primary amides is 1. The largest absolute Gasteiger partial charge is 0.508 e. The Balaban J connectivity index is 2.21. The van der Waals surface area contributed by atoms with Crippen LogP contribution in [0.3, 0.4) is 0 Å². The lowest BCUT2D eigenvalue weighted by Gasteiger charge is -2.18. The normalized spacial score (nSPS) is 11.9. The number of benzene rings is 2. The highest BCUT2D eigenvalue weighted by Gasteiger charge is 2.22. The molecule has 0 aliphatic carbocycles. The molecule has 3 N–H and O–H groups in total. The Morgan fingerprint density at radius 3 is 2.52 bits per heavy atom. The number of methoxy groups -OCH3 is 1. The second kappa shape index (κ2) is 6.76. The summed E-state index contributed by atoms with van der Waals surface area (Å²) in [5, 5.41) is 9.71. The Labute approximate surface area is 122 Å². The first kappa shape index (κ1) is 14.9. The lowest BCUT2D eigenvalue weighted by molar-refractivity contribution is -0.130. The molecule has 0 fully saturated rings. The van der Waals surface area contributed by atoms with Gasteiger partial charge in [0.2, 0.25) is 0 Å². The molecule has 5 nitrogen and oxygen atoms in total. The highest BCUT2D eigenvalue weighted by molar-refractivity contribution is 5.81. The number of phenols is 1. The molecule has 21 heavy (non-hydrogen) atoms. The average Bonchev–Trinajstić information content (AvgIpc) is 2.49. The van der Waals surface area contributed by atoms with E-state index in [2.05, 4.69) is 0 Å². The average molecular weight is 287 g/mol. The van der Waals surface area contributed by atoms with Crippen LogP contribution in [0.2, 0.25) is 0 Å². The first-order valence-electron chi connectivity index (χ1n) is 6.44. The Bertz CT molecular complexity index is 627. The standard InChI is InChI=1S/C16H17NO4/c1-20-14-9-5-3-7-12(14)15(16(17)19)21-10-11-6-2-4-8-13(11)18/h2-9,15,18H,10H2,1H3,(H2,17,19). The van der Waals surface area contributed by atoms with Gasteiger partial charge in [0.05, 0.1) is 13.7 Å². The molecule has 1 unspecified atom stereocenters. The maximum Gasteiger partial charge on any atom is 0.251 e. The van der Waals surface area contributed by atoms with E-state index in [1.54, 1.807) is 48.5 Å². The predicted molar refractivity (Wildman–Crippen MR) is 77.8 cm³/mol. The number of hydrogen-bond donors (Lipinski definition) is 2. The number of phenolic OH excluding ortho intramolecular Hbond substituents is 1. The Kier molecular flexibility index (Phi) is 4.79. The molecule has 0 aliphatic rings. The third kappa shape index (κ3) is 3.52. The van der Waals surface area contributed by atoms with Crippen molar-refractivity contribution in [1.82, 2.24) is 0 Å². The van der Waals surface area contributed by atoms with Gasteiger partial charge in [-0.05, 0) is 12.1 Å². The minimum absolute atomic E-state index is 0.0678. The number of hydrogen-bond acceptors (Lipinski definition) is 4. The smallest absolute Gasteiger partial charge is 0.251 e. The summed E-state index contributed by atoms with van der Waals surface area (Å²) in [4.78, 5) is 11.7. The highest BCUT2D eigenvalue weighted by atomic mass is 16.5. The number of carbonyl (C=O) groups excluding carboxylic acids is 1. The number of para-hydroxylation sites is 2. The van der Waals surface area contributed by atoms with Crippen LogP contribution in [0.5, 0.6) is 11.5 Å². The molecule has 0 bridgehead atoms. The maximum atomic E-state index is 11.7. The Morgan fingerprint density at radius 1 is 1.19 bits per heavy atom. The minimum Gasteiger partial charge on any atom is -0.508 e. The molecule has 110 valence electrons. The molecule has 2 aromatic rings. The number of aromatic hydroxyl groups is 1. The summed E-state index contributed by atoms with van der Waals surface area (Å²) in [6, 6.07) is 13.8. The van der Waals surface area contributed by atoms with Crippen LogP contribution >= 0.6 is 0 Å². The van der Waals surface area contributed by atoms with E-state index in [1.165, 1.54) is 7.11 Å². The summed E-state index contributed by atoms with van der Waals surface area (Å²) in [5.41, 5.74) is 6.55. The molecule has 2 aromatic carbocycles. The molecule has 2 rings (SSSR count). The van der Waals surface area contributed by atoms with E-state index in [0.29, 0.717) is 16.9 Å². The van der Waals surface area contributed by atoms with Gasteiger partial charge in [0.15, 0.2) is 6.10 Å². The molecule has 1 amide bonds. The van der Waals surface area contributed by atoms with Gasteiger partial charge in [0.25, 0.3) is 5.91 Å². The van der Waals surface area contributed by atoms with Gasteiger partial charge in [-0.3, -0.25) is 4.79 Å². The summed E-state index contributed by atoms with van der Waals surface area (Å²) >= 11 is 0. The van der Waals surface area contributed by atoms with E-state index in [0.717, 1.165) is 0 Å². The third-order valence-electron chi connectivity index (χ3n) is 3.08. The van der Waals surface area contributed by atoms with Crippen molar-refractivity contribution in [2.75, 3.05) is 7.11 Å². The lowest BCUT2D eigenvalue weighted by Crippen LogP contribution is -2.24. The van der Waals surface area contributed by atoms with Crippen molar-refractivity contribution in [2.45, 2.75) is 12.7 Å². The van der Waals surface area contributed by atoms with Crippen LogP contribution in [0.4, 0.5) is 0 Å². The molecule has 0 radical (unpaired) electrons. The van der Waals surface area contributed by atoms with Crippen LogP contribution in [0, 0.1) is 0 Å². The number of nitrogens with two attached hydrogens (primary N) is 1. The third-order valence-corrected chi connectivity index (χ3v) is 3.08. The van der Waals surface area contributed by atoms with Gasteiger partial charge >= 0.3 is 0 Å². The van der Waals surface area contributed by atoms with Crippen molar-refractivity contribution in [3.05, 3.63) is 59.7 Å². The monoisotopic (exact) mass is 287 g/mol. The zero-order chi connectivity index (χ0) is 15.2. The Hall–Kier alpha value is -2.53. The van der Waals surface area contributed by atoms with Gasteiger partial charge < -0.3 is 20.3 Å². The molecule has 0 spiro atoms. The van der Waals surface area contributed by atoms with Crippen LogP contribution in [-0.2, 0) is 16.1 Å². The van der Waals surface area contributed by atoms with Gasteiger partial charge in [-0.2, -0.15) is 0 Å². The van der Waals surface area contributed by atoms with Gasteiger partial charge in [-0.15, -0.1) is 0 Å². The summed E-state index contributed by atoms with van der Waals surface area (Å²) < 4.78 is 10.8. The van der Waals surface area contributed by atoms with Crippen LogP contribution in [0.15, 0.2) is 48.5 Å². The first-order valence-corrected chi connectivity index (χ1v) is 6.44. The van der Waals surface area contributed by atoms with Crippen molar-refractivity contribution in [3.63, 3.8) is 0 Å². The zero-order valence-corrected chi connectivity index (χ0v) is 11.7. The van der Waals surface area contributed by atoms with E-state index < -0.39 is 12.0 Å². The second-order valence-corrected chi connectivity index (χ2v) is 4.46. The van der Waals surface area contributed by atoms with Gasteiger partial charge in [-0.1, -0.05) is 36.4 Å². The zero-order valence-electron chi connectivity index (χ0n) is 11.7. The number of ether oxygens (including phenoxy) is 2. The molecule has 0 saturated heterocycles. The second-order valence-electron chi connectivity index (χ2n) is 4.46. The fraction of sp³-hybridized carbons (Fsp3) is 0.188. The number of carbonyl (C=O) groups is 1. The maximum absolute atomic E-state index is 11.7. The molecule has 1 atom stereocenters. The van der Waals surface area contributed by atoms with Crippen LogP contribution < -0.4 is 10.5 Å². The van der Waals surface area contributed by atoms with E-state index in [9.17, 15) is 9.90 Å². The van der Waals surface area contributed by atoms with Gasteiger partial charge in [-0.25, -0.2) is 0 Å². The number of amides is 1. The molecule has 0 aromatic heterocycles. The van der Waals surface area contributed by atoms with E-state index >= 15 is 0 Å². The van der Waals surface area contributed by atoms with E-state index in [4.69, 9.17) is 15.2 Å². The lowest BCUT2D eigenvalue weighted by atomic mass is 10.1. The summed E-state index contributed by atoms with van der Waals surface area (Å²) in [6.07, 6.45) is -0.944. The fourth-order valence-corrected chi connectivity index (χ4v) is 2.01. The van der Waals surface area contributed by atoms with Crippen molar-refractivity contribution < 1.29 is 19.4 Å². The predicted octanol–water partition coefficient (Wildman–Crippen LogP) is 2.14. The van der Waals surface area contributed by atoms with Crippen molar-refractivity contribution in [1.29, 1.82) is 0 Å². The number of rotatable bonds is 6. The minimum atomic E-state index is -0.944. The topological polar surface area (TPSA) is 81.8 Å². The SMILES string of the molecule is COc1ccccc1C(OCc1ccccc1O)C(N)=O. The molecule has 0 saturated carbocycles. The summed E-state index contributed by atoms with van der Waals surface area (Å²) in [6.45, 7) is 0.0678. The first-order chi connectivity index (χ1) is 10.1. The molecule has 0 heterocycles. The quantitative estimate of drug-likeness (QED) is 0.853. The highest BCUT2D eigenvalue weighted by Crippen LogP contribution is 2.29. The van der Waals surface area contributed by atoms with E-state index in [1.807, 2.05) is 0 Å². The molecular formula is C16H17NO4. The van der Waals surface area contributed by atoms with Crippen LogP contribution in [-0.4, -0.2) is 18.1 Å². The van der Waals surface area contributed by atoms with Crippen molar-refractivity contribution in [2.24, 2.45) is 5.73 Å². The Morgan fingerprint density at radius 2 is 1.86 bits per heavy atom. The molecule has 0 aliphatic heterocycles. The summed E-state index contributed by atoms with van der Waals surface area (Å²) in [7, 11) is 1.51. The van der Waals surface area contributed by atoms with Crippen LogP contribution in [0.25, 0.3) is 0 Å². The van der Waals surface area contributed by atoms with Crippen molar-refractivity contribution in [3.8, 4) is 11.5 Å². The van der Waals surface area contributed by atoms with Gasteiger partial charge in [0, 0.05) is 11.1 Å². The molecule has 5 heteroatoms. The molecular weight excluding hydrogens is 270 g/mol. The van der Waals surface area contributed by atoms with Crippen LogP contribution in [0.1, 0.15) is 17.2 Å².